The Morgan fingerprint density at radius 3 is 2.58 bits per heavy atom. The molecule has 24 heavy (non-hydrogen) atoms. The quantitative estimate of drug-likeness (QED) is 0.689. The standard InChI is InChI=1S/C19H20N4S/c24-22-16-6-4-5-14(11-16)15-7-8-17-18(12-15)21-19(13-20-17)23-9-2-1-3-10-23/h4-8,11-13,22,24H,1-3,9-10H2. The molecule has 4 rings (SSSR count). The summed E-state index contributed by atoms with van der Waals surface area (Å²) in [7, 11) is 0. The summed E-state index contributed by atoms with van der Waals surface area (Å²) in [6.45, 7) is 2.16. The van der Waals surface area contributed by atoms with E-state index in [0.29, 0.717) is 0 Å². The molecule has 1 saturated heterocycles. The molecule has 1 aromatic heterocycles. The Morgan fingerprint density at radius 2 is 1.75 bits per heavy atom. The molecule has 1 aliphatic heterocycles. The maximum Gasteiger partial charge on any atom is 0.147 e. The normalized spacial score (nSPS) is 14.8. The monoisotopic (exact) mass is 336 g/mol. The summed E-state index contributed by atoms with van der Waals surface area (Å²) in [6, 6.07) is 14.4. The third kappa shape index (κ3) is 3.04. The lowest BCUT2D eigenvalue weighted by molar-refractivity contribution is 0.573. The highest BCUT2D eigenvalue weighted by Crippen LogP contribution is 2.27. The molecular weight excluding hydrogens is 316 g/mol. The van der Waals surface area contributed by atoms with Gasteiger partial charge in [-0.15, -0.1) is 0 Å². The molecule has 0 spiro atoms. The van der Waals surface area contributed by atoms with Gasteiger partial charge in [-0.05, 0) is 54.7 Å². The number of benzene rings is 2. The van der Waals surface area contributed by atoms with Gasteiger partial charge in [0, 0.05) is 18.8 Å². The second-order valence-corrected chi connectivity index (χ2v) is 6.40. The first-order chi connectivity index (χ1) is 11.8. The first kappa shape index (κ1) is 15.3. The van der Waals surface area contributed by atoms with Gasteiger partial charge in [0.1, 0.15) is 5.82 Å². The Kier molecular flexibility index (Phi) is 4.26. The summed E-state index contributed by atoms with van der Waals surface area (Å²) in [4.78, 5) is 11.8. The van der Waals surface area contributed by atoms with Crippen molar-refractivity contribution in [3.05, 3.63) is 48.7 Å². The van der Waals surface area contributed by atoms with Crippen molar-refractivity contribution >= 4 is 35.4 Å². The van der Waals surface area contributed by atoms with E-state index >= 15 is 0 Å². The Bertz CT molecular complexity index is 859. The third-order valence-corrected chi connectivity index (χ3v) is 4.79. The van der Waals surface area contributed by atoms with Gasteiger partial charge in [0.05, 0.1) is 17.2 Å². The van der Waals surface area contributed by atoms with Gasteiger partial charge in [-0.25, -0.2) is 4.98 Å². The first-order valence-corrected chi connectivity index (χ1v) is 8.80. The molecule has 0 saturated carbocycles. The number of rotatable bonds is 3. The van der Waals surface area contributed by atoms with Crippen LogP contribution in [0.4, 0.5) is 11.5 Å². The van der Waals surface area contributed by atoms with Crippen LogP contribution < -0.4 is 9.62 Å². The van der Waals surface area contributed by atoms with Crippen LogP contribution in [-0.4, -0.2) is 23.1 Å². The molecule has 1 aliphatic rings. The lowest BCUT2D eigenvalue weighted by atomic mass is 10.0. The van der Waals surface area contributed by atoms with E-state index in [1.54, 1.807) is 0 Å². The largest absolute Gasteiger partial charge is 0.355 e. The van der Waals surface area contributed by atoms with Crippen LogP contribution >= 0.6 is 12.8 Å². The molecule has 2 aromatic carbocycles. The summed E-state index contributed by atoms with van der Waals surface area (Å²) in [5.41, 5.74) is 5.13. The number of aromatic nitrogens is 2. The molecule has 5 heteroatoms. The second kappa shape index (κ2) is 6.69. The summed E-state index contributed by atoms with van der Waals surface area (Å²) >= 11 is 4.12. The first-order valence-electron chi connectivity index (χ1n) is 8.36. The van der Waals surface area contributed by atoms with Crippen LogP contribution in [-0.2, 0) is 0 Å². The average Bonchev–Trinajstić information content (AvgIpc) is 2.68. The van der Waals surface area contributed by atoms with Crippen molar-refractivity contribution in [2.45, 2.75) is 19.3 Å². The number of hydrogen-bond acceptors (Lipinski definition) is 5. The molecule has 1 fully saturated rings. The number of fused-ring (bicyclic) bond motifs is 1. The van der Waals surface area contributed by atoms with Crippen LogP contribution in [0.25, 0.3) is 22.2 Å². The SMILES string of the molecule is SNc1cccc(-c2ccc3ncc(N4CCCCC4)nc3c2)c1. The third-order valence-electron chi connectivity index (χ3n) is 4.53. The Balaban J connectivity index is 1.72. The molecule has 2 heterocycles. The van der Waals surface area contributed by atoms with E-state index in [1.165, 1.54) is 19.3 Å². The van der Waals surface area contributed by atoms with Gasteiger partial charge >= 0.3 is 0 Å². The fourth-order valence-electron chi connectivity index (χ4n) is 3.22. The van der Waals surface area contributed by atoms with Crippen LogP contribution in [0.15, 0.2) is 48.7 Å². The highest BCUT2D eigenvalue weighted by molar-refractivity contribution is 7.81. The molecular formula is C19H20N4S. The molecule has 0 amide bonds. The van der Waals surface area contributed by atoms with Crippen LogP contribution in [0.1, 0.15) is 19.3 Å². The van der Waals surface area contributed by atoms with E-state index in [4.69, 9.17) is 4.98 Å². The van der Waals surface area contributed by atoms with E-state index in [2.05, 4.69) is 51.7 Å². The molecule has 0 aliphatic carbocycles. The molecule has 1 N–H and O–H groups in total. The smallest absolute Gasteiger partial charge is 0.147 e. The van der Waals surface area contributed by atoms with Crippen molar-refractivity contribution in [1.82, 2.24) is 9.97 Å². The minimum Gasteiger partial charge on any atom is -0.355 e. The van der Waals surface area contributed by atoms with E-state index < -0.39 is 0 Å². The Labute approximate surface area is 147 Å². The summed E-state index contributed by atoms with van der Waals surface area (Å²) in [6.07, 6.45) is 5.70. The lowest BCUT2D eigenvalue weighted by Crippen LogP contribution is -2.30. The van der Waals surface area contributed by atoms with Crippen molar-refractivity contribution in [3.8, 4) is 11.1 Å². The van der Waals surface area contributed by atoms with E-state index in [1.807, 2.05) is 24.4 Å². The highest BCUT2D eigenvalue weighted by atomic mass is 32.1. The summed E-state index contributed by atoms with van der Waals surface area (Å²) in [5, 5.41) is 0. The predicted molar refractivity (Wildman–Crippen MR) is 104 cm³/mol. The molecule has 0 unspecified atom stereocenters. The minimum atomic E-state index is 0.933. The molecule has 0 radical (unpaired) electrons. The van der Waals surface area contributed by atoms with Crippen molar-refractivity contribution in [2.24, 2.45) is 0 Å². The van der Waals surface area contributed by atoms with Gasteiger partial charge in [-0.2, -0.15) is 0 Å². The molecule has 0 bridgehead atoms. The fourth-order valence-corrected chi connectivity index (χ4v) is 3.36. The Morgan fingerprint density at radius 1 is 0.917 bits per heavy atom. The Hall–Kier alpha value is -2.27. The van der Waals surface area contributed by atoms with Crippen LogP contribution in [0.2, 0.25) is 0 Å². The minimum absolute atomic E-state index is 0.933. The number of nitrogens with one attached hydrogen (secondary N) is 1. The van der Waals surface area contributed by atoms with Crippen LogP contribution in [0.3, 0.4) is 0 Å². The number of piperidine rings is 1. The zero-order chi connectivity index (χ0) is 16.4. The zero-order valence-electron chi connectivity index (χ0n) is 13.4. The molecule has 122 valence electrons. The van der Waals surface area contributed by atoms with E-state index in [0.717, 1.165) is 46.8 Å². The van der Waals surface area contributed by atoms with E-state index in [-0.39, 0.29) is 0 Å². The van der Waals surface area contributed by atoms with Gasteiger partial charge in [0.15, 0.2) is 0 Å². The van der Waals surface area contributed by atoms with Crippen molar-refractivity contribution < 1.29 is 0 Å². The van der Waals surface area contributed by atoms with Gasteiger partial charge in [-0.1, -0.05) is 31.0 Å². The topological polar surface area (TPSA) is 41.1 Å². The van der Waals surface area contributed by atoms with Crippen molar-refractivity contribution in [1.29, 1.82) is 0 Å². The van der Waals surface area contributed by atoms with Crippen LogP contribution in [0, 0.1) is 0 Å². The fraction of sp³-hybridized carbons (Fsp3) is 0.263. The van der Waals surface area contributed by atoms with E-state index in [9.17, 15) is 0 Å². The van der Waals surface area contributed by atoms with Crippen molar-refractivity contribution in [3.63, 3.8) is 0 Å². The summed E-state index contributed by atoms with van der Waals surface area (Å²) < 4.78 is 2.89. The maximum absolute atomic E-state index is 4.86. The molecule has 0 atom stereocenters. The number of hydrogen-bond donors (Lipinski definition) is 2. The summed E-state index contributed by atoms with van der Waals surface area (Å²) in [5.74, 6) is 0.991. The lowest BCUT2D eigenvalue weighted by Gasteiger charge is -2.27. The second-order valence-electron chi connectivity index (χ2n) is 6.17. The number of nitrogens with zero attached hydrogens (tertiary/aromatic N) is 3. The predicted octanol–water partition coefficient (Wildman–Crippen LogP) is 4.54. The van der Waals surface area contributed by atoms with Gasteiger partial charge in [-0.3, -0.25) is 4.98 Å². The van der Waals surface area contributed by atoms with Gasteiger partial charge < -0.3 is 9.62 Å². The zero-order valence-corrected chi connectivity index (χ0v) is 14.3. The van der Waals surface area contributed by atoms with Gasteiger partial charge in [0.2, 0.25) is 0 Å². The molecule has 3 aromatic rings. The molecule has 4 nitrogen and oxygen atoms in total. The van der Waals surface area contributed by atoms with Crippen LogP contribution in [0.5, 0.6) is 0 Å². The van der Waals surface area contributed by atoms with Gasteiger partial charge in [0.25, 0.3) is 0 Å². The maximum atomic E-state index is 4.86. The highest BCUT2D eigenvalue weighted by Gasteiger charge is 2.13. The van der Waals surface area contributed by atoms with Crippen molar-refractivity contribution in [2.75, 3.05) is 22.7 Å². The number of anilines is 2. The number of thiol groups is 1. The average molecular weight is 336 g/mol.